The SMILES string of the molecule is COC(=O)c1cccc(NC(=O)c2cncc(N3CCN(C(C)=O)CC3)c2)c1. The van der Waals surface area contributed by atoms with E-state index in [1.165, 1.54) is 13.3 Å². The predicted molar refractivity (Wildman–Crippen MR) is 104 cm³/mol. The number of hydrogen-bond donors (Lipinski definition) is 1. The summed E-state index contributed by atoms with van der Waals surface area (Å²) in [5, 5.41) is 2.77. The van der Waals surface area contributed by atoms with Crippen LogP contribution in [0, 0.1) is 0 Å². The maximum Gasteiger partial charge on any atom is 0.337 e. The average Bonchev–Trinajstić information content (AvgIpc) is 2.73. The number of ether oxygens (including phenoxy) is 1. The number of carbonyl (C=O) groups excluding carboxylic acids is 3. The summed E-state index contributed by atoms with van der Waals surface area (Å²) in [6.45, 7) is 4.23. The predicted octanol–water partition coefficient (Wildman–Crippen LogP) is 1.79. The van der Waals surface area contributed by atoms with Crippen molar-refractivity contribution in [3.05, 3.63) is 53.9 Å². The Morgan fingerprint density at radius 1 is 1.04 bits per heavy atom. The van der Waals surface area contributed by atoms with Crippen molar-refractivity contribution in [2.45, 2.75) is 6.92 Å². The maximum atomic E-state index is 12.6. The van der Waals surface area contributed by atoms with Crippen LogP contribution in [0.5, 0.6) is 0 Å². The Labute approximate surface area is 163 Å². The Hall–Kier alpha value is -3.42. The van der Waals surface area contributed by atoms with E-state index < -0.39 is 5.97 Å². The number of benzene rings is 1. The van der Waals surface area contributed by atoms with Crippen molar-refractivity contribution in [1.29, 1.82) is 0 Å². The number of hydrogen-bond acceptors (Lipinski definition) is 6. The van der Waals surface area contributed by atoms with Gasteiger partial charge in [-0.25, -0.2) is 4.79 Å². The van der Waals surface area contributed by atoms with Crippen LogP contribution in [0.1, 0.15) is 27.6 Å². The van der Waals surface area contributed by atoms with Crippen molar-refractivity contribution in [2.75, 3.05) is 43.5 Å². The molecule has 1 aliphatic heterocycles. The summed E-state index contributed by atoms with van der Waals surface area (Å²) in [6, 6.07) is 8.32. The molecule has 2 heterocycles. The first kappa shape index (κ1) is 19.3. The van der Waals surface area contributed by atoms with Gasteiger partial charge >= 0.3 is 5.97 Å². The van der Waals surface area contributed by atoms with Gasteiger partial charge in [-0.05, 0) is 24.3 Å². The smallest absolute Gasteiger partial charge is 0.337 e. The van der Waals surface area contributed by atoms with Gasteiger partial charge in [0.2, 0.25) is 5.91 Å². The van der Waals surface area contributed by atoms with Gasteiger partial charge in [0.25, 0.3) is 5.91 Å². The van der Waals surface area contributed by atoms with Crippen LogP contribution in [-0.4, -0.2) is 61.0 Å². The normalized spacial score (nSPS) is 13.8. The molecule has 1 saturated heterocycles. The molecule has 1 fully saturated rings. The third-order valence-electron chi connectivity index (χ3n) is 4.62. The Bertz CT molecular complexity index is 891. The Morgan fingerprint density at radius 2 is 1.79 bits per heavy atom. The number of esters is 1. The molecule has 28 heavy (non-hydrogen) atoms. The summed E-state index contributed by atoms with van der Waals surface area (Å²) >= 11 is 0. The summed E-state index contributed by atoms with van der Waals surface area (Å²) in [6.07, 6.45) is 3.20. The fraction of sp³-hybridized carbons (Fsp3) is 0.300. The first-order chi connectivity index (χ1) is 13.5. The Balaban J connectivity index is 1.69. The molecule has 2 aromatic rings. The van der Waals surface area contributed by atoms with Crippen LogP contribution in [0.2, 0.25) is 0 Å². The van der Waals surface area contributed by atoms with Gasteiger partial charge < -0.3 is 19.9 Å². The number of piperazine rings is 1. The molecule has 2 amide bonds. The molecule has 0 unspecified atom stereocenters. The molecule has 3 rings (SSSR count). The maximum absolute atomic E-state index is 12.6. The standard InChI is InChI=1S/C20H22N4O4/c1-14(25)23-6-8-24(9-7-23)18-11-16(12-21-13-18)19(26)22-17-5-3-4-15(10-17)20(27)28-2/h3-5,10-13H,6-9H2,1-2H3,(H,22,26). The number of nitrogens with zero attached hydrogens (tertiary/aromatic N) is 3. The molecule has 1 aromatic carbocycles. The Kier molecular flexibility index (Phi) is 5.88. The van der Waals surface area contributed by atoms with Gasteiger partial charge in [0, 0.05) is 45.0 Å². The third-order valence-corrected chi connectivity index (χ3v) is 4.62. The molecule has 1 aliphatic rings. The molecular weight excluding hydrogens is 360 g/mol. The van der Waals surface area contributed by atoms with E-state index in [-0.39, 0.29) is 11.8 Å². The summed E-state index contributed by atoms with van der Waals surface area (Å²) in [5.74, 6) is -0.719. The lowest BCUT2D eigenvalue weighted by Gasteiger charge is -2.35. The van der Waals surface area contributed by atoms with E-state index in [0.717, 1.165) is 5.69 Å². The third kappa shape index (κ3) is 4.46. The Morgan fingerprint density at radius 3 is 2.46 bits per heavy atom. The molecule has 0 bridgehead atoms. The molecule has 0 atom stereocenters. The highest BCUT2D eigenvalue weighted by atomic mass is 16.5. The van der Waals surface area contributed by atoms with Crippen molar-refractivity contribution in [3.63, 3.8) is 0 Å². The molecule has 146 valence electrons. The second-order valence-electron chi connectivity index (χ2n) is 6.45. The zero-order valence-electron chi connectivity index (χ0n) is 15.8. The first-order valence-electron chi connectivity index (χ1n) is 8.93. The lowest BCUT2D eigenvalue weighted by Crippen LogP contribution is -2.48. The molecule has 0 spiro atoms. The first-order valence-corrected chi connectivity index (χ1v) is 8.93. The number of carbonyl (C=O) groups is 3. The van der Waals surface area contributed by atoms with Crippen LogP contribution >= 0.6 is 0 Å². The van der Waals surface area contributed by atoms with E-state index in [1.54, 1.807) is 48.4 Å². The molecule has 1 N–H and O–H groups in total. The van der Waals surface area contributed by atoms with Gasteiger partial charge in [-0.1, -0.05) is 6.07 Å². The van der Waals surface area contributed by atoms with E-state index >= 15 is 0 Å². The topological polar surface area (TPSA) is 91.8 Å². The van der Waals surface area contributed by atoms with Crippen LogP contribution in [0.15, 0.2) is 42.7 Å². The summed E-state index contributed by atoms with van der Waals surface area (Å²) in [7, 11) is 1.31. The van der Waals surface area contributed by atoms with Gasteiger partial charge in [-0.15, -0.1) is 0 Å². The van der Waals surface area contributed by atoms with E-state index in [0.29, 0.717) is 43.0 Å². The number of amides is 2. The highest BCUT2D eigenvalue weighted by molar-refractivity contribution is 6.05. The number of aromatic nitrogens is 1. The summed E-state index contributed by atoms with van der Waals surface area (Å²) in [5.41, 5.74) is 2.10. The number of nitrogens with one attached hydrogen (secondary N) is 1. The van der Waals surface area contributed by atoms with Crippen LogP contribution in [0.3, 0.4) is 0 Å². The van der Waals surface area contributed by atoms with Gasteiger partial charge in [0.05, 0.1) is 30.1 Å². The zero-order chi connectivity index (χ0) is 20.1. The number of anilines is 2. The minimum atomic E-state index is -0.468. The molecule has 8 nitrogen and oxygen atoms in total. The van der Waals surface area contributed by atoms with Crippen molar-refractivity contribution < 1.29 is 19.1 Å². The quantitative estimate of drug-likeness (QED) is 0.811. The highest BCUT2D eigenvalue weighted by Gasteiger charge is 2.20. The number of rotatable bonds is 4. The molecule has 8 heteroatoms. The molecule has 1 aromatic heterocycles. The molecular formula is C20H22N4O4. The van der Waals surface area contributed by atoms with E-state index in [9.17, 15) is 14.4 Å². The van der Waals surface area contributed by atoms with Crippen molar-refractivity contribution in [1.82, 2.24) is 9.88 Å². The number of pyridine rings is 1. The van der Waals surface area contributed by atoms with Gasteiger partial charge in [0.1, 0.15) is 0 Å². The highest BCUT2D eigenvalue weighted by Crippen LogP contribution is 2.18. The van der Waals surface area contributed by atoms with Crippen LogP contribution in [0.25, 0.3) is 0 Å². The van der Waals surface area contributed by atoms with Crippen LogP contribution < -0.4 is 10.2 Å². The minimum absolute atomic E-state index is 0.0695. The monoisotopic (exact) mass is 382 g/mol. The lowest BCUT2D eigenvalue weighted by atomic mass is 10.2. The average molecular weight is 382 g/mol. The second kappa shape index (κ2) is 8.51. The fourth-order valence-corrected chi connectivity index (χ4v) is 3.05. The number of methoxy groups -OCH3 is 1. The van der Waals surface area contributed by atoms with Crippen molar-refractivity contribution in [2.24, 2.45) is 0 Å². The van der Waals surface area contributed by atoms with Gasteiger partial charge in [-0.2, -0.15) is 0 Å². The van der Waals surface area contributed by atoms with Crippen molar-refractivity contribution >= 4 is 29.2 Å². The molecule has 0 saturated carbocycles. The van der Waals surface area contributed by atoms with Crippen LogP contribution in [-0.2, 0) is 9.53 Å². The zero-order valence-corrected chi connectivity index (χ0v) is 15.8. The van der Waals surface area contributed by atoms with Gasteiger partial charge in [0.15, 0.2) is 0 Å². The fourth-order valence-electron chi connectivity index (χ4n) is 3.05. The van der Waals surface area contributed by atoms with Crippen LogP contribution in [0.4, 0.5) is 11.4 Å². The van der Waals surface area contributed by atoms with E-state index in [1.807, 2.05) is 0 Å². The summed E-state index contributed by atoms with van der Waals surface area (Å²) < 4.78 is 4.69. The van der Waals surface area contributed by atoms with E-state index in [2.05, 4.69) is 15.2 Å². The van der Waals surface area contributed by atoms with Crippen molar-refractivity contribution in [3.8, 4) is 0 Å². The summed E-state index contributed by atoms with van der Waals surface area (Å²) in [4.78, 5) is 43.8. The molecule has 0 radical (unpaired) electrons. The van der Waals surface area contributed by atoms with E-state index in [4.69, 9.17) is 4.74 Å². The minimum Gasteiger partial charge on any atom is -0.465 e. The lowest BCUT2D eigenvalue weighted by molar-refractivity contribution is -0.129. The van der Waals surface area contributed by atoms with Gasteiger partial charge in [-0.3, -0.25) is 14.6 Å². The molecule has 0 aliphatic carbocycles. The largest absolute Gasteiger partial charge is 0.465 e. The second-order valence-corrected chi connectivity index (χ2v) is 6.45.